The van der Waals surface area contributed by atoms with E-state index in [1.165, 1.54) is 0 Å². The second kappa shape index (κ2) is 4.89. The normalized spacial score (nSPS) is 12.2. The number of hydrogen-bond acceptors (Lipinski definition) is 1. The highest BCUT2D eigenvalue weighted by molar-refractivity contribution is 6.39. The Kier molecular flexibility index (Phi) is 4.07. The van der Waals surface area contributed by atoms with Gasteiger partial charge < -0.3 is 0 Å². The van der Waals surface area contributed by atoms with Gasteiger partial charge in [-0.2, -0.15) is 5.26 Å². The van der Waals surface area contributed by atoms with E-state index in [1.807, 2.05) is 6.92 Å². The summed E-state index contributed by atoms with van der Waals surface area (Å²) in [6.45, 7) is 1.91. The largest absolute Gasteiger partial charge is 0.198 e. The lowest BCUT2D eigenvalue weighted by Crippen LogP contribution is -1.96. The third-order valence-corrected chi connectivity index (χ3v) is 2.80. The summed E-state index contributed by atoms with van der Waals surface area (Å²) in [6, 6.07) is 5.36. The van der Waals surface area contributed by atoms with Gasteiger partial charge >= 0.3 is 0 Å². The molecule has 0 aromatic heterocycles. The van der Waals surface area contributed by atoms with E-state index < -0.39 is 0 Å². The van der Waals surface area contributed by atoms with Crippen molar-refractivity contribution in [1.29, 1.82) is 5.26 Å². The molecule has 0 N–H and O–H groups in total. The van der Waals surface area contributed by atoms with Gasteiger partial charge in [0.2, 0.25) is 0 Å². The van der Waals surface area contributed by atoms with Crippen molar-refractivity contribution in [2.75, 3.05) is 0 Å². The number of halogens is 3. The molecule has 1 aromatic rings. The highest BCUT2D eigenvalue weighted by Gasteiger charge is 2.16. The van der Waals surface area contributed by atoms with Crippen molar-refractivity contribution >= 4 is 34.8 Å². The van der Waals surface area contributed by atoms with Gasteiger partial charge in [0.25, 0.3) is 0 Å². The molecule has 1 aromatic carbocycles. The first kappa shape index (κ1) is 11.7. The minimum Gasteiger partial charge on any atom is -0.198 e. The van der Waals surface area contributed by atoms with Gasteiger partial charge in [0.05, 0.1) is 12.0 Å². The third-order valence-electron chi connectivity index (χ3n) is 1.96. The van der Waals surface area contributed by atoms with E-state index in [0.717, 1.165) is 0 Å². The monoisotopic (exact) mass is 247 g/mol. The Balaban J connectivity index is 3.28. The molecule has 1 atom stereocenters. The predicted octanol–water partition coefficient (Wildman–Crippen LogP) is 4.66. The zero-order chi connectivity index (χ0) is 10.7. The van der Waals surface area contributed by atoms with Crippen molar-refractivity contribution in [2.45, 2.75) is 19.3 Å². The predicted molar refractivity (Wildman–Crippen MR) is 60.1 cm³/mol. The van der Waals surface area contributed by atoms with Crippen LogP contribution in [0.4, 0.5) is 0 Å². The summed E-state index contributed by atoms with van der Waals surface area (Å²) in [5, 5.41) is 10.3. The summed E-state index contributed by atoms with van der Waals surface area (Å²) in [5.74, 6) is -0.271. The van der Waals surface area contributed by atoms with E-state index in [2.05, 4.69) is 6.07 Å². The average Bonchev–Trinajstić information content (AvgIpc) is 2.10. The molecule has 14 heavy (non-hydrogen) atoms. The highest BCUT2D eigenvalue weighted by atomic mass is 35.5. The Morgan fingerprint density at radius 2 is 1.79 bits per heavy atom. The molecule has 0 spiro atoms. The van der Waals surface area contributed by atoms with Crippen LogP contribution in [0.3, 0.4) is 0 Å². The summed E-state index contributed by atoms with van der Waals surface area (Å²) >= 11 is 17.7. The molecule has 0 amide bonds. The zero-order valence-electron chi connectivity index (χ0n) is 7.52. The molecule has 74 valence electrons. The fraction of sp³-hybridized carbons (Fsp3) is 0.300. The third kappa shape index (κ3) is 2.33. The van der Waals surface area contributed by atoms with Crippen molar-refractivity contribution in [3.8, 4) is 6.07 Å². The fourth-order valence-corrected chi connectivity index (χ4v) is 2.33. The molecule has 0 aliphatic rings. The van der Waals surface area contributed by atoms with Crippen LogP contribution >= 0.6 is 34.8 Å². The van der Waals surface area contributed by atoms with Crippen LogP contribution in [0.2, 0.25) is 15.1 Å². The van der Waals surface area contributed by atoms with Gasteiger partial charge in [-0.25, -0.2) is 0 Å². The first-order chi connectivity index (χ1) is 6.60. The molecular formula is C10H8Cl3N. The van der Waals surface area contributed by atoms with Crippen LogP contribution < -0.4 is 0 Å². The number of rotatable bonds is 2. The molecule has 1 unspecified atom stereocenters. The molecule has 0 saturated carbocycles. The smallest absolute Gasteiger partial charge is 0.0739 e. The average molecular weight is 249 g/mol. The van der Waals surface area contributed by atoms with Crippen molar-refractivity contribution in [1.82, 2.24) is 0 Å². The molecule has 1 rings (SSSR count). The van der Waals surface area contributed by atoms with E-state index in [4.69, 9.17) is 40.1 Å². The van der Waals surface area contributed by atoms with E-state index in [1.54, 1.807) is 12.1 Å². The van der Waals surface area contributed by atoms with Crippen LogP contribution in [0.1, 0.15) is 24.8 Å². The molecule has 0 fully saturated rings. The Morgan fingerprint density at radius 1 is 1.29 bits per heavy atom. The lowest BCUT2D eigenvalue weighted by molar-refractivity contribution is 0.819. The van der Waals surface area contributed by atoms with E-state index in [9.17, 15) is 0 Å². The number of nitriles is 1. The van der Waals surface area contributed by atoms with Crippen LogP contribution in [-0.2, 0) is 0 Å². The van der Waals surface area contributed by atoms with Crippen molar-refractivity contribution in [2.24, 2.45) is 0 Å². The summed E-state index contributed by atoms with van der Waals surface area (Å²) < 4.78 is 0. The maximum atomic E-state index is 8.90. The van der Waals surface area contributed by atoms with Gasteiger partial charge in [-0.05, 0) is 18.6 Å². The second-order valence-electron chi connectivity index (χ2n) is 2.87. The van der Waals surface area contributed by atoms with Crippen LogP contribution in [0.25, 0.3) is 0 Å². The molecule has 1 nitrogen and oxygen atoms in total. The van der Waals surface area contributed by atoms with Crippen LogP contribution in [0.5, 0.6) is 0 Å². The van der Waals surface area contributed by atoms with Crippen LogP contribution in [0.15, 0.2) is 12.1 Å². The zero-order valence-corrected chi connectivity index (χ0v) is 9.79. The van der Waals surface area contributed by atoms with Crippen LogP contribution in [-0.4, -0.2) is 0 Å². The maximum absolute atomic E-state index is 8.90. The van der Waals surface area contributed by atoms with Gasteiger partial charge in [0.1, 0.15) is 0 Å². The van der Waals surface area contributed by atoms with Gasteiger partial charge in [0.15, 0.2) is 0 Å². The first-order valence-electron chi connectivity index (χ1n) is 4.14. The van der Waals surface area contributed by atoms with Crippen LogP contribution in [0, 0.1) is 11.3 Å². The number of nitrogens with zero attached hydrogens (tertiary/aromatic N) is 1. The highest BCUT2D eigenvalue weighted by Crippen LogP contribution is 2.35. The number of hydrogen-bond donors (Lipinski definition) is 0. The van der Waals surface area contributed by atoms with Crippen molar-refractivity contribution in [3.63, 3.8) is 0 Å². The quantitative estimate of drug-likeness (QED) is 0.746. The molecular weight excluding hydrogens is 240 g/mol. The first-order valence-corrected chi connectivity index (χ1v) is 5.27. The van der Waals surface area contributed by atoms with Crippen molar-refractivity contribution < 1.29 is 0 Å². The van der Waals surface area contributed by atoms with Gasteiger partial charge in [-0.3, -0.25) is 0 Å². The topological polar surface area (TPSA) is 23.8 Å². The Bertz CT molecular complexity index is 358. The minimum absolute atomic E-state index is 0.271. The van der Waals surface area contributed by atoms with E-state index >= 15 is 0 Å². The Morgan fingerprint density at radius 3 is 2.14 bits per heavy atom. The Labute approximate surface area is 98.2 Å². The minimum atomic E-state index is -0.271. The molecule has 0 heterocycles. The lowest BCUT2D eigenvalue weighted by atomic mass is 9.98. The second-order valence-corrected chi connectivity index (χ2v) is 4.12. The van der Waals surface area contributed by atoms with E-state index in [-0.39, 0.29) is 5.92 Å². The Hall–Kier alpha value is -0.420. The molecule has 0 aliphatic heterocycles. The van der Waals surface area contributed by atoms with Gasteiger partial charge in [0, 0.05) is 20.6 Å². The molecule has 4 heteroatoms. The molecule has 0 aliphatic carbocycles. The fourth-order valence-electron chi connectivity index (χ4n) is 1.25. The maximum Gasteiger partial charge on any atom is 0.0739 e. The molecule has 0 bridgehead atoms. The summed E-state index contributed by atoms with van der Waals surface area (Å²) in [7, 11) is 0. The SMILES string of the molecule is CCC(C#N)c1c(Cl)cc(Cl)cc1Cl. The number of benzene rings is 1. The summed E-state index contributed by atoms with van der Waals surface area (Å²) in [6.07, 6.45) is 0.678. The lowest BCUT2D eigenvalue weighted by Gasteiger charge is -2.11. The molecule has 0 radical (unpaired) electrons. The standard InChI is InChI=1S/C10H8Cl3N/c1-2-6(5-14)10-8(12)3-7(11)4-9(10)13/h3-4,6H,2H2,1H3. The van der Waals surface area contributed by atoms with E-state index in [0.29, 0.717) is 27.1 Å². The van der Waals surface area contributed by atoms with Gasteiger partial charge in [-0.15, -0.1) is 0 Å². The summed E-state index contributed by atoms with van der Waals surface area (Å²) in [5.41, 5.74) is 0.669. The van der Waals surface area contributed by atoms with Crippen molar-refractivity contribution in [3.05, 3.63) is 32.8 Å². The summed E-state index contributed by atoms with van der Waals surface area (Å²) in [4.78, 5) is 0. The molecule has 0 saturated heterocycles. The van der Waals surface area contributed by atoms with Gasteiger partial charge in [-0.1, -0.05) is 41.7 Å².